The largest absolute Gasteiger partial charge is 0.294 e. The molecule has 1 aliphatic carbocycles. The number of rotatable bonds is 2. The van der Waals surface area contributed by atoms with Crippen molar-refractivity contribution in [2.24, 2.45) is 5.92 Å². The van der Waals surface area contributed by atoms with Crippen molar-refractivity contribution in [3.05, 3.63) is 47.5 Å². The first-order valence-electron chi connectivity index (χ1n) is 6.80. The molecule has 0 unspecified atom stereocenters. The summed E-state index contributed by atoms with van der Waals surface area (Å²) < 4.78 is 0. The van der Waals surface area contributed by atoms with Crippen LogP contribution >= 0.6 is 0 Å². The lowest BCUT2D eigenvalue weighted by molar-refractivity contribution is 0.0924. The van der Waals surface area contributed by atoms with E-state index in [1.807, 2.05) is 12.1 Å². The summed E-state index contributed by atoms with van der Waals surface area (Å²) in [5, 5.41) is 2.29. The van der Waals surface area contributed by atoms with Crippen LogP contribution in [-0.4, -0.2) is 5.78 Å². The highest BCUT2D eigenvalue weighted by Crippen LogP contribution is 2.32. The number of ketones is 1. The van der Waals surface area contributed by atoms with Crippen LogP contribution in [0.25, 0.3) is 10.8 Å². The smallest absolute Gasteiger partial charge is 0.166 e. The van der Waals surface area contributed by atoms with Crippen LogP contribution in [0, 0.1) is 12.8 Å². The summed E-state index contributed by atoms with van der Waals surface area (Å²) in [6, 6.07) is 12.4. The van der Waals surface area contributed by atoms with Gasteiger partial charge in [0.25, 0.3) is 0 Å². The maximum absolute atomic E-state index is 12.7. The van der Waals surface area contributed by atoms with E-state index in [0.29, 0.717) is 5.78 Å². The van der Waals surface area contributed by atoms with E-state index in [4.69, 9.17) is 0 Å². The van der Waals surface area contributed by atoms with Gasteiger partial charge in [-0.2, -0.15) is 0 Å². The van der Waals surface area contributed by atoms with Crippen LogP contribution in [0.15, 0.2) is 36.4 Å². The first-order chi connectivity index (χ1) is 8.77. The zero-order valence-electron chi connectivity index (χ0n) is 10.8. The predicted octanol–water partition coefficient (Wildman–Crippen LogP) is 4.52. The molecule has 1 heteroatoms. The number of carbonyl (C=O) groups excluding carboxylic acids is 1. The average Bonchev–Trinajstić information content (AvgIpc) is 2.92. The van der Waals surface area contributed by atoms with Gasteiger partial charge in [0, 0.05) is 11.5 Å². The lowest BCUT2D eigenvalue weighted by Gasteiger charge is -2.13. The van der Waals surface area contributed by atoms with E-state index in [1.54, 1.807) is 0 Å². The molecular weight excluding hydrogens is 220 g/mol. The summed E-state index contributed by atoms with van der Waals surface area (Å²) in [6.45, 7) is 2.05. The lowest BCUT2D eigenvalue weighted by Crippen LogP contribution is -2.13. The molecule has 1 aliphatic rings. The minimum absolute atomic E-state index is 0.259. The number of hydrogen-bond acceptors (Lipinski definition) is 1. The minimum Gasteiger partial charge on any atom is -0.294 e. The standard InChI is InChI=1S/C17H18O/c1-12-10-11-13-6-4-5-9-15(13)16(12)17(18)14-7-2-3-8-14/h4-6,9-11,14H,2-3,7-8H2,1H3. The van der Waals surface area contributed by atoms with Gasteiger partial charge in [0.15, 0.2) is 5.78 Å². The molecule has 2 aromatic rings. The van der Waals surface area contributed by atoms with Crippen molar-refractivity contribution in [2.45, 2.75) is 32.6 Å². The monoisotopic (exact) mass is 238 g/mol. The van der Waals surface area contributed by atoms with Crippen LogP contribution < -0.4 is 0 Å². The minimum atomic E-state index is 0.259. The third-order valence-corrected chi connectivity index (χ3v) is 4.11. The Morgan fingerprint density at radius 3 is 2.56 bits per heavy atom. The highest BCUT2D eigenvalue weighted by molar-refractivity contribution is 6.10. The molecule has 0 aromatic heterocycles. The molecule has 0 radical (unpaired) electrons. The number of carbonyl (C=O) groups is 1. The molecule has 0 N–H and O–H groups in total. The highest BCUT2D eigenvalue weighted by atomic mass is 16.1. The van der Waals surface area contributed by atoms with Gasteiger partial charge in [-0.15, -0.1) is 0 Å². The van der Waals surface area contributed by atoms with Crippen LogP contribution in [0.2, 0.25) is 0 Å². The number of hydrogen-bond donors (Lipinski definition) is 0. The third kappa shape index (κ3) is 1.84. The van der Waals surface area contributed by atoms with Gasteiger partial charge in [-0.05, 0) is 36.1 Å². The molecule has 18 heavy (non-hydrogen) atoms. The van der Waals surface area contributed by atoms with Gasteiger partial charge in [-0.25, -0.2) is 0 Å². The molecule has 3 rings (SSSR count). The zero-order valence-corrected chi connectivity index (χ0v) is 10.8. The molecule has 1 nitrogen and oxygen atoms in total. The van der Waals surface area contributed by atoms with Crippen LogP contribution in [-0.2, 0) is 0 Å². The summed E-state index contributed by atoms with van der Waals surface area (Å²) in [6.07, 6.45) is 4.56. The molecule has 0 amide bonds. The maximum Gasteiger partial charge on any atom is 0.166 e. The third-order valence-electron chi connectivity index (χ3n) is 4.11. The van der Waals surface area contributed by atoms with Crippen LogP contribution in [0.3, 0.4) is 0 Å². The SMILES string of the molecule is Cc1ccc2ccccc2c1C(=O)C1CCCC1. The maximum atomic E-state index is 12.7. The van der Waals surface area contributed by atoms with Gasteiger partial charge in [0.2, 0.25) is 0 Å². The van der Waals surface area contributed by atoms with Gasteiger partial charge >= 0.3 is 0 Å². The average molecular weight is 238 g/mol. The lowest BCUT2D eigenvalue weighted by atomic mass is 9.89. The number of fused-ring (bicyclic) bond motifs is 1. The fraction of sp³-hybridized carbons (Fsp3) is 0.353. The van der Waals surface area contributed by atoms with E-state index in [9.17, 15) is 4.79 Å². The normalized spacial score (nSPS) is 16.3. The van der Waals surface area contributed by atoms with E-state index in [1.165, 1.54) is 18.2 Å². The molecule has 2 aromatic carbocycles. The van der Waals surface area contributed by atoms with E-state index in [-0.39, 0.29) is 5.92 Å². The van der Waals surface area contributed by atoms with Crippen molar-refractivity contribution in [3.8, 4) is 0 Å². The van der Waals surface area contributed by atoms with E-state index in [0.717, 1.165) is 29.4 Å². The predicted molar refractivity (Wildman–Crippen MR) is 75.0 cm³/mol. The molecule has 0 heterocycles. The second-order valence-corrected chi connectivity index (χ2v) is 5.32. The van der Waals surface area contributed by atoms with Gasteiger partial charge in [-0.1, -0.05) is 49.2 Å². The molecule has 1 fully saturated rings. The van der Waals surface area contributed by atoms with Crippen molar-refractivity contribution < 1.29 is 4.79 Å². The fourth-order valence-electron chi connectivity index (χ4n) is 3.10. The van der Waals surface area contributed by atoms with E-state index in [2.05, 4.69) is 31.2 Å². The van der Waals surface area contributed by atoms with E-state index < -0.39 is 0 Å². The van der Waals surface area contributed by atoms with E-state index >= 15 is 0 Å². The summed E-state index contributed by atoms with van der Waals surface area (Å²) in [5.41, 5.74) is 2.07. The zero-order chi connectivity index (χ0) is 12.5. The Labute approximate surface area is 108 Å². The molecule has 92 valence electrons. The van der Waals surface area contributed by atoms with Gasteiger partial charge in [-0.3, -0.25) is 4.79 Å². The molecule has 0 bridgehead atoms. The van der Waals surface area contributed by atoms with Gasteiger partial charge < -0.3 is 0 Å². The van der Waals surface area contributed by atoms with Crippen LogP contribution in [0.1, 0.15) is 41.6 Å². The molecule has 0 atom stereocenters. The topological polar surface area (TPSA) is 17.1 Å². The first kappa shape index (κ1) is 11.5. The Balaban J connectivity index is 2.14. The number of benzene rings is 2. The Bertz CT molecular complexity index is 592. The quantitative estimate of drug-likeness (QED) is 0.703. The van der Waals surface area contributed by atoms with Gasteiger partial charge in [0.1, 0.15) is 0 Å². The van der Waals surface area contributed by atoms with Crippen molar-refractivity contribution in [3.63, 3.8) is 0 Å². The Hall–Kier alpha value is -1.63. The molecular formula is C17H18O. The summed E-state index contributed by atoms with van der Waals surface area (Å²) in [7, 11) is 0. The fourth-order valence-corrected chi connectivity index (χ4v) is 3.10. The second kappa shape index (κ2) is 4.56. The van der Waals surface area contributed by atoms with Crippen molar-refractivity contribution >= 4 is 16.6 Å². The highest BCUT2D eigenvalue weighted by Gasteiger charge is 2.25. The van der Waals surface area contributed by atoms with Crippen molar-refractivity contribution in [1.82, 2.24) is 0 Å². The summed E-state index contributed by atoms with van der Waals surface area (Å²) >= 11 is 0. The molecule has 0 aliphatic heterocycles. The van der Waals surface area contributed by atoms with Crippen LogP contribution in [0.5, 0.6) is 0 Å². The second-order valence-electron chi connectivity index (χ2n) is 5.32. The molecule has 1 saturated carbocycles. The van der Waals surface area contributed by atoms with Gasteiger partial charge in [0.05, 0.1) is 0 Å². The van der Waals surface area contributed by atoms with Crippen molar-refractivity contribution in [1.29, 1.82) is 0 Å². The first-order valence-corrected chi connectivity index (χ1v) is 6.80. The summed E-state index contributed by atoms with van der Waals surface area (Å²) in [4.78, 5) is 12.7. The number of Topliss-reactive ketones (excluding diaryl/α,β-unsaturated/α-hetero) is 1. The number of aryl methyl sites for hydroxylation is 1. The van der Waals surface area contributed by atoms with Crippen LogP contribution in [0.4, 0.5) is 0 Å². The summed E-state index contributed by atoms with van der Waals surface area (Å²) in [5.74, 6) is 0.622. The Kier molecular flexibility index (Phi) is 2.91. The Morgan fingerprint density at radius 2 is 1.78 bits per heavy atom. The molecule has 0 spiro atoms. The molecule has 0 saturated heterocycles. The van der Waals surface area contributed by atoms with Crippen molar-refractivity contribution in [2.75, 3.05) is 0 Å². The Morgan fingerprint density at radius 1 is 1.06 bits per heavy atom.